The number of ether oxygens (including phenoxy) is 2. The van der Waals surface area contributed by atoms with Crippen molar-refractivity contribution in [2.75, 3.05) is 25.0 Å². The number of carbonyl (C=O) groups is 1. The van der Waals surface area contributed by atoms with Crippen LogP contribution < -0.4 is 19.5 Å². The Kier molecular flexibility index (Phi) is 6.24. The van der Waals surface area contributed by atoms with Gasteiger partial charge in [-0.3, -0.25) is 9.52 Å². The molecule has 25 heavy (non-hydrogen) atoms. The maximum Gasteiger partial charge on any atom is 0.261 e. The van der Waals surface area contributed by atoms with Gasteiger partial charge in [0.1, 0.15) is 11.5 Å². The van der Waals surface area contributed by atoms with Crippen LogP contribution in [0.25, 0.3) is 0 Å². The second-order valence-corrected chi connectivity index (χ2v) is 6.73. The fourth-order valence-electron chi connectivity index (χ4n) is 2.01. The van der Waals surface area contributed by atoms with Gasteiger partial charge in [-0.15, -0.1) is 0 Å². The minimum Gasteiger partial charge on any atom is -0.497 e. The predicted molar refractivity (Wildman–Crippen MR) is 94.4 cm³/mol. The molecule has 0 unspecified atom stereocenters. The van der Waals surface area contributed by atoms with Crippen molar-refractivity contribution in [3.8, 4) is 11.5 Å². The lowest BCUT2D eigenvalue weighted by Crippen LogP contribution is -2.28. The highest BCUT2D eigenvalue weighted by Gasteiger charge is 2.14. The van der Waals surface area contributed by atoms with Crippen molar-refractivity contribution >= 4 is 21.6 Å². The predicted octanol–water partition coefficient (Wildman–Crippen LogP) is 2.01. The van der Waals surface area contributed by atoms with E-state index in [9.17, 15) is 13.2 Å². The van der Waals surface area contributed by atoms with Gasteiger partial charge < -0.3 is 14.8 Å². The largest absolute Gasteiger partial charge is 0.497 e. The molecule has 0 heterocycles. The Balaban J connectivity index is 2.05. The number of amides is 1. The number of sulfonamides is 1. The standard InChI is InChI=1S/C17H20N2O5S/c1-3-18-17(20)12-24-14-7-9-16(10-8-14)25(21,22)19-13-5-4-6-15(11-13)23-2/h4-11,19H,3,12H2,1-2H3,(H,18,20). The summed E-state index contributed by atoms with van der Waals surface area (Å²) in [6, 6.07) is 12.4. The smallest absolute Gasteiger partial charge is 0.261 e. The highest BCUT2D eigenvalue weighted by molar-refractivity contribution is 7.92. The maximum atomic E-state index is 12.4. The molecule has 7 nitrogen and oxygen atoms in total. The molecule has 1 amide bonds. The van der Waals surface area contributed by atoms with Crippen molar-refractivity contribution in [3.05, 3.63) is 48.5 Å². The zero-order chi connectivity index (χ0) is 18.3. The van der Waals surface area contributed by atoms with E-state index in [0.29, 0.717) is 23.7 Å². The van der Waals surface area contributed by atoms with Crippen molar-refractivity contribution in [1.82, 2.24) is 5.32 Å². The number of methoxy groups -OCH3 is 1. The van der Waals surface area contributed by atoms with E-state index in [-0.39, 0.29) is 17.4 Å². The van der Waals surface area contributed by atoms with Crippen LogP contribution in [0.3, 0.4) is 0 Å². The highest BCUT2D eigenvalue weighted by atomic mass is 32.2. The highest BCUT2D eigenvalue weighted by Crippen LogP contribution is 2.22. The number of hydrogen-bond acceptors (Lipinski definition) is 5. The van der Waals surface area contributed by atoms with E-state index < -0.39 is 10.0 Å². The SMILES string of the molecule is CCNC(=O)COc1ccc(S(=O)(=O)Nc2cccc(OC)c2)cc1. The van der Waals surface area contributed by atoms with Gasteiger partial charge in [0, 0.05) is 12.6 Å². The Morgan fingerprint density at radius 2 is 1.80 bits per heavy atom. The third-order valence-corrected chi connectivity index (χ3v) is 4.60. The van der Waals surface area contributed by atoms with Gasteiger partial charge in [-0.2, -0.15) is 0 Å². The van der Waals surface area contributed by atoms with Crippen LogP contribution in [0.4, 0.5) is 5.69 Å². The first-order chi connectivity index (χ1) is 11.9. The van der Waals surface area contributed by atoms with E-state index in [4.69, 9.17) is 9.47 Å². The lowest BCUT2D eigenvalue weighted by molar-refractivity contribution is -0.122. The van der Waals surface area contributed by atoms with Gasteiger partial charge in [0.15, 0.2) is 6.61 Å². The van der Waals surface area contributed by atoms with Crippen LogP contribution in [0.15, 0.2) is 53.4 Å². The van der Waals surface area contributed by atoms with E-state index in [1.165, 1.54) is 31.4 Å². The van der Waals surface area contributed by atoms with Crippen molar-refractivity contribution in [2.45, 2.75) is 11.8 Å². The number of rotatable bonds is 8. The van der Waals surface area contributed by atoms with Gasteiger partial charge in [0.25, 0.3) is 15.9 Å². The summed E-state index contributed by atoms with van der Waals surface area (Å²) in [4.78, 5) is 11.4. The summed E-state index contributed by atoms with van der Waals surface area (Å²) in [6.07, 6.45) is 0. The molecule has 2 N–H and O–H groups in total. The van der Waals surface area contributed by atoms with Crippen LogP contribution in [0, 0.1) is 0 Å². The van der Waals surface area contributed by atoms with Crippen LogP contribution in [0.2, 0.25) is 0 Å². The van der Waals surface area contributed by atoms with Crippen molar-refractivity contribution < 1.29 is 22.7 Å². The molecular weight excluding hydrogens is 344 g/mol. The molecule has 0 aromatic heterocycles. The molecule has 8 heteroatoms. The Morgan fingerprint density at radius 1 is 1.08 bits per heavy atom. The Labute approximate surface area is 147 Å². The van der Waals surface area contributed by atoms with Gasteiger partial charge in [-0.1, -0.05) is 6.07 Å². The summed E-state index contributed by atoms with van der Waals surface area (Å²) < 4.78 is 37.7. The Bertz CT molecular complexity index is 819. The van der Waals surface area contributed by atoms with Crippen LogP contribution in [-0.4, -0.2) is 34.6 Å². The van der Waals surface area contributed by atoms with Gasteiger partial charge in [0.05, 0.1) is 17.7 Å². The van der Waals surface area contributed by atoms with Gasteiger partial charge in [-0.25, -0.2) is 8.42 Å². The third kappa shape index (κ3) is 5.39. The van der Waals surface area contributed by atoms with E-state index in [1.54, 1.807) is 24.3 Å². The summed E-state index contributed by atoms with van der Waals surface area (Å²) in [5, 5.41) is 2.61. The fourth-order valence-corrected chi connectivity index (χ4v) is 3.06. The molecule has 0 atom stereocenters. The van der Waals surface area contributed by atoms with Gasteiger partial charge >= 0.3 is 0 Å². The molecular formula is C17H20N2O5S. The Hall–Kier alpha value is -2.74. The monoisotopic (exact) mass is 364 g/mol. The van der Waals surface area contributed by atoms with E-state index >= 15 is 0 Å². The maximum absolute atomic E-state index is 12.4. The quantitative estimate of drug-likeness (QED) is 0.747. The minimum atomic E-state index is -3.74. The summed E-state index contributed by atoms with van der Waals surface area (Å²) in [7, 11) is -2.23. The first-order valence-electron chi connectivity index (χ1n) is 7.61. The number of hydrogen-bond donors (Lipinski definition) is 2. The molecule has 0 bridgehead atoms. The first-order valence-corrected chi connectivity index (χ1v) is 9.09. The molecule has 0 saturated heterocycles. The summed E-state index contributed by atoms with van der Waals surface area (Å²) >= 11 is 0. The molecule has 0 aliphatic rings. The Morgan fingerprint density at radius 3 is 2.44 bits per heavy atom. The molecule has 0 aliphatic heterocycles. The van der Waals surface area contributed by atoms with Gasteiger partial charge in [0.2, 0.25) is 0 Å². The molecule has 0 aliphatic carbocycles. The molecule has 0 fully saturated rings. The van der Waals surface area contributed by atoms with E-state index in [0.717, 1.165) is 0 Å². The van der Waals surface area contributed by atoms with Gasteiger partial charge in [-0.05, 0) is 43.3 Å². The minimum absolute atomic E-state index is 0.0840. The average Bonchev–Trinajstić information content (AvgIpc) is 2.60. The van der Waals surface area contributed by atoms with Crippen LogP contribution in [0.5, 0.6) is 11.5 Å². The number of anilines is 1. The molecule has 0 radical (unpaired) electrons. The molecule has 0 spiro atoms. The summed E-state index contributed by atoms with van der Waals surface area (Å²) in [5.41, 5.74) is 0.399. The second-order valence-electron chi connectivity index (χ2n) is 5.05. The van der Waals surface area contributed by atoms with Crippen LogP contribution in [-0.2, 0) is 14.8 Å². The van der Waals surface area contributed by atoms with Crippen LogP contribution >= 0.6 is 0 Å². The lowest BCUT2D eigenvalue weighted by atomic mass is 10.3. The molecule has 2 rings (SSSR count). The second kappa shape index (κ2) is 8.39. The van der Waals surface area contributed by atoms with Crippen molar-refractivity contribution in [3.63, 3.8) is 0 Å². The number of carbonyl (C=O) groups excluding carboxylic acids is 1. The van der Waals surface area contributed by atoms with E-state index in [1.807, 2.05) is 6.92 Å². The van der Waals surface area contributed by atoms with Crippen molar-refractivity contribution in [1.29, 1.82) is 0 Å². The molecule has 2 aromatic rings. The zero-order valence-corrected chi connectivity index (χ0v) is 14.8. The van der Waals surface area contributed by atoms with E-state index in [2.05, 4.69) is 10.0 Å². The van der Waals surface area contributed by atoms with Crippen LogP contribution in [0.1, 0.15) is 6.92 Å². The van der Waals surface area contributed by atoms with Crippen molar-refractivity contribution in [2.24, 2.45) is 0 Å². The molecule has 2 aromatic carbocycles. The number of likely N-dealkylation sites (N-methyl/N-ethyl adjacent to an activating group) is 1. The third-order valence-electron chi connectivity index (χ3n) is 3.20. The first kappa shape index (κ1) is 18.6. The fraction of sp³-hybridized carbons (Fsp3) is 0.235. The number of nitrogens with one attached hydrogen (secondary N) is 2. The topological polar surface area (TPSA) is 93.7 Å². The number of benzene rings is 2. The zero-order valence-electron chi connectivity index (χ0n) is 14.0. The lowest BCUT2D eigenvalue weighted by Gasteiger charge is -2.10. The summed E-state index contributed by atoms with van der Waals surface area (Å²) in [6.45, 7) is 2.21. The molecule has 0 saturated carbocycles. The molecule has 134 valence electrons. The average molecular weight is 364 g/mol. The normalized spacial score (nSPS) is 10.8. The summed E-state index contributed by atoms with van der Waals surface area (Å²) in [5.74, 6) is 0.722.